The third-order valence-corrected chi connectivity index (χ3v) is 2.86. The van der Waals surface area contributed by atoms with E-state index in [0.717, 1.165) is 0 Å². The number of nitrogens with zero attached hydrogens (tertiary/aromatic N) is 1. The van der Waals surface area contributed by atoms with E-state index in [4.69, 9.17) is 17.3 Å². The van der Waals surface area contributed by atoms with E-state index in [2.05, 4.69) is 4.98 Å². The van der Waals surface area contributed by atoms with Crippen LogP contribution >= 0.6 is 34.2 Å². The molecule has 1 rings (SSSR count). The van der Waals surface area contributed by atoms with Crippen LogP contribution in [0.15, 0.2) is 6.07 Å². The summed E-state index contributed by atoms with van der Waals surface area (Å²) in [7, 11) is 0. The fourth-order valence-electron chi connectivity index (χ4n) is 0.843. The zero-order valence-electron chi connectivity index (χ0n) is 6.60. The van der Waals surface area contributed by atoms with Gasteiger partial charge in [-0.05, 0) is 28.7 Å². The molecule has 76 valence electrons. The van der Waals surface area contributed by atoms with Gasteiger partial charge in [-0.25, -0.2) is 13.8 Å². The molecule has 0 radical (unpaired) electrons. The topological polar surface area (TPSA) is 56.0 Å². The van der Waals surface area contributed by atoms with E-state index in [-0.39, 0.29) is 10.7 Å². The molecule has 0 spiro atoms. The molecular weight excluding hydrogens is 328 g/mol. The molecular formula is C7H4ClF2IN2O. The summed E-state index contributed by atoms with van der Waals surface area (Å²) in [6, 6.07) is 1.19. The largest absolute Gasteiger partial charge is 0.366 e. The molecule has 0 aromatic carbocycles. The Balaban J connectivity index is 3.39. The molecule has 1 aromatic heterocycles. The summed E-state index contributed by atoms with van der Waals surface area (Å²) in [4.78, 5) is 14.2. The van der Waals surface area contributed by atoms with Crippen molar-refractivity contribution in [2.24, 2.45) is 5.73 Å². The molecule has 0 aliphatic rings. The fourth-order valence-corrected chi connectivity index (χ4v) is 1.42. The molecule has 1 aromatic rings. The molecule has 1 amide bonds. The predicted octanol–water partition coefficient (Wildman–Crippen LogP) is 2.38. The van der Waals surface area contributed by atoms with Crippen LogP contribution in [0.1, 0.15) is 22.5 Å². The van der Waals surface area contributed by atoms with Gasteiger partial charge in [0.25, 0.3) is 12.3 Å². The lowest BCUT2D eigenvalue weighted by Crippen LogP contribution is -2.15. The number of hydrogen-bond acceptors (Lipinski definition) is 2. The van der Waals surface area contributed by atoms with Crippen molar-refractivity contribution in [1.82, 2.24) is 4.98 Å². The number of halogens is 4. The quantitative estimate of drug-likeness (QED) is 0.668. The summed E-state index contributed by atoms with van der Waals surface area (Å²) in [5, 5.41) is -0.0640. The van der Waals surface area contributed by atoms with Gasteiger partial charge in [-0.3, -0.25) is 4.79 Å². The first kappa shape index (κ1) is 11.6. The number of carbonyl (C=O) groups is 1. The summed E-state index contributed by atoms with van der Waals surface area (Å²) in [5.41, 5.74) is 3.94. The van der Waals surface area contributed by atoms with Crippen LogP contribution in [-0.2, 0) is 0 Å². The van der Waals surface area contributed by atoms with Crippen molar-refractivity contribution in [2.75, 3.05) is 0 Å². The van der Waals surface area contributed by atoms with Crippen LogP contribution in [0.25, 0.3) is 0 Å². The predicted molar refractivity (Wildman–Crippen MR) is 55.4 cm³/mol. The van der Waals surface area contributed by atoms with E-state index >= 15 is 0 Å². The van der Waals surface area contributed by atoms with Crippen LogP contribution in [0.2, 0.25) is 5.15 Å². The highest BCUT2D eigenvalue weighted by Crippen LogP contribution is 2.26. The summed E-state index contributed by atoms with van der Waals surface area (Å²) in [6.45, 7) is 0. The van der Waals surface area contributed by atoms with Crippen LogP contribution in [-0.4, -0.2) is 10.9 Å². The minimum absolute atomic E-state index is 0.0640. The summed E-state index contributed by atoms with van der Waals surface area (Å²) >= 11 is 7.31. The lowest BCUT2D eigenvalue weighted by Gasteiger charge is -2.06. The van der Waals surface area contributed by atoms with Gasteiger partial charge in [-0.2, -0.15) is 0 Å². The Morgan fingerprint density at radius 2 is 2.21 bits per heavy atom. The van der Waals surface area contributed by atoms with E-state index in [1.807, 2.05) is 0 Å². The van der Waals surface area contributed by atoms with Gasteiger partial charge in [0.05, 0.1) is 9.13 Å². The number of primary amides is 1. The standard InChI is InChI=1S/C7H4ClF2IN2O/c8-5-3(11)1-2(7(12)14)4(13-5)6(9)10/h1,6H,(H2,12,14). The Morgan fingerprint density at radius 1 is 1.64 bits per heavy atom. The maximum Gasteiger partial charge on any atom is 0.281 e. The maximum absolute atomic E-state index is 12.4. The molecule has 0 bridgehead atoms. The molecule has 14 heavy (non-hydrogen) atoms. The Morgan fingerprint density at radius 3 is 2.64 bits per heavy atom. The molecule has 0 atom stereocenters. The van der Waals surface area contributed by atoms with Crippen LogP contribution in [0.3, 0.4) is 0 Å². The van der Waals surface area contributed by atoms with Gasteiger partial charge < -0.3 is 5.73 Å². The molecule has 0 aliphatic heterocycles. The SMILES string of the molecule is NC(=O)c1cc(I)c(Cl)nc1C(F)F. The molecule has 3 nitrogen and oxygen atoms in total. The van der Waals surface area contributed by atoms with Gasteiger partial charge in [0.2, 0.25) is 0 Å². The monoisotopic (exact) mass is 332 g/mol. The zero-order valence-corrected chi connectivity index (χ0v) is 9.51. The van der Waals surface area contributed by atoms with Gasteiger partial charge in [-0.1, -0.05) is 11.6 Å². The molecule has 2 N–H and O–H groups in total. The maximum atomic E-state index is 12.4. The lowest BCUT2D eigenvalue weighted by molar-refractivity contribution is 0.0983. The second kappa shape index (κ2) is 4.35. The van der Waals surface area contributed by atoms with E-state index in [0.29, 0.717) is 3.57 Å². The molecule has 0 aliphatic carbocycles. The van der Waals surface area contributed by atoms with Gasteiger partial charge in [-0.15, -0.1) is 0 Å². The first-order valence-electron chi connectivity index (χ1n) is 3.37. The molecule has 0 saturated carbocycles. The lowest BCUT2D eigenvalue weighted by atomic mass is 10.2. The Kier molecular flexibility index (Phi) is 3.59. The highest BCUT2D eigenvalue weighted by Gasteiger charge is 2.20. The van der Waals surface area contributed by atoms with Crippen LogP contribution < -0.4 is 5.73 Å². The van der Waals surface area contributed by atoms with Gasteiger partial charge in [0.15, 0.2) is 0 Å². The highest BCUT2D eigenvalue weighted by atomic mass is 127. The number of alkyl halides is 2. The molecule has 0 fully saturated rings. The zero-order chi connectivity index (χ0) is 10.9. The number of nitrogens with two attached hydrogens (primary N) is 1. The van der Waals surface area contributed by atoms with E-state index in [9.17, 15) is 13.6 Å². The molecule has 1 heterocycles. The van der Waals surface area contributed by atoms with Crippen LogP contribution in [0, 0.1) is 3.57 Å². The number of carbonyl (C=O) groups excluding carboxylic acids is 1. The summed E-state index contributed by atoms with van der Waals surface area (Å²) < 4.78 is 25.1. The average molecular weight is 332 g/mol. The summed E-state index contributed by atoms with van der Waals surface area (Å²) in [5.74, 6) is -0.942. The normalized spacial score (nSPS) is 10.6. The molecule has 0 unspecified atom stereocenters. The van der Waals surface area contributed by atoms with Crippen LogP contribution in [0.4, 0.5) is 8.78 Å². The number of amides is 1. The second-order valence-electron chi connectivity index (χ2n) is 2.36. The van der Waals surface area contributed by atoms with Crippen molar-refractivity contribution in [3.63, 3.8) is 0 Å². The Labute approximate surface area is 96.8 Å². The third-order valence-electron chi connectivity index (χ3n) is 1.43. The van der Waals surface area contributed by atoms with Crippen molar-refractivity contribution in [1.29, 1.82) is 0 Å². The van der Waals surface area contributed by atoms with E-state index in [1.54, 1.807) is 22.6 Å². The van der Waals surface area contributed by atoms with Gasteiger partial charge >= 0.3 is 0 Å². The van der Waals surface area contributed by atoms with Gasteiger partial charge in [0, 0.05) is 0 Å². The first-order valence-corrected chi connectivity index (χ1v) is 4.83. The highest BCUT2D eigenvalue weighted by molar-refractivity contribution is 14.1. The van der Waals surface area contributed by atoms with Crippen molar-refractivity contribution >= 4 is 40.1 Å². The van der Waals surface area contributed by atoms with Crippen molar-refractivity contribution < 1.29 is 13.6 Å². The number of rotatable bonds is 2. The van der Waals surface area contributed by atoms with Crippen molar-refractivity contribution in [3.8, 4) is 0 Å². The third kappa shape index (κ3) is 2.30. The number of pyridine rings is 1. The van der Waals surface area contributed by atoms with Crippen molar-refractivity contribution in [3.05, 3.63) is 26.0 Å². The fraction of sp³-hybridized carbons (Fsp3) is 0.143. The van der Waals surface area contributed by atoms with Gasteiger partial charge in [0.1, 0.15) is 10.8 Å². The average Bonchev–Trinajstić information content (AvgIpc) is 2.08. The van der Waals surface area contributed by atoms with E-state index < -0.39 is 18.0 Å². The van der Waals surface area contributed by atoms with E-state index in [1.165, 1.54) is 6.07 Å². The van der Waals surface area contributed by atoms with Crippen molar-refractivity contribution in [2.45, 2.75) is 6.43 Å². The Hall–Kier alpha value is -0.500. The minimum Gasteiger partial charge on any atom is -0.366 e. The minimum atomic E-state index is -2.87. The molecule has 7 heteroatoms. The number of hydrogen-bond donors (Lipinski definition) is 1. The Bertz CT molecular complexity index is 386. The second-order valence-corrected chi connectivity index (χ2v) is 3.88. The van der Waals surface area contributed by atoms with Crippen LogP contribution in [0.5, 0.6) is 0 Å². The summed E-state index contributed by atoms with van der Waals surface area (Å²) in [6.07, 6.45) is -2.87. The number of aromatic nitrogens is 1. The molecule has 0 saturated heterocycles. The first-order chi connectivity index (χ1) is 6.43. The smallest absolute Gasteiger partial charge is 0.281 e.